The number of aromatic nitrogens is 2. The van der Waals surface area contributed by atoms with Gasteiger partial charge >= 0.3 is 0 Å². The van der Waals surface area contributed by atoms with E-state index in [0.29, 0.717) is 16.4 Å². The lowest BCUT2D eigenvalue weighted by atomic mass is 10.1. The zero-order valence-electron chi connectivity index (χ0n) is 15.5. The molecule has 0 unspecified atom stereocenters. The van der Waals surface area contributed by atoms with Crippen LogP contribution in [0.15, 0.2) is 52.9 Å². The number of carbonyl (C=O) groups is 2. The Hall–Kier alpha value is -2.71. The monoisotopic (exact) mass is 413 g/mol. The minimum absolute atomic E-state index is 0.0170. The van der Waals surface area contributed by atoms with Crippen molar-refractivity contribution in [1.82, 2.24) is 10.2 Å². The zero-order chi connectivity index (χ0) is 19.9. The van der Waals surface area contributed by atoms with E-state index in [2.05, 4.69) is 46.7 Å². The maximum absolute atomic E-state index is 12.0. The van der Waals surface area contributed by atoms with Crippen molar-refractivity contribution in [3.05, 3.63) is 65.2 Å². The second kappa shape index (κ2) is 9.48. The van der Waals surface area contributed by atoms with Gasteiger partial charge in [0.2, 0.25) is 5.13 Å². The number of carbonyl (C=O) groups excluding carboxylic acids is 2. The van der Waals surface area contributed by atoms with Gasteiger partial charge in [-0.25, -0.2) is 0 Å². The molecule has 0 atom stereocenters. The number of ketones is 1. The summed E-state index contributed by atoms with van der Waals surface area (Å²) in [6.45, 7) is 3.41. The van der Waals surface area contributed by atoms with Crippen LogP contribution in [0.4, 0.5) is 5.13 Å². The third kappa shape index (κ3) is 5.90. The highest BCUT2D eigenvalue weighted by Crippen LogP contribution is 2.28. The number of ether oxygens (including phenoxy) is 1. The average Bonchev–Trinajstić information content (AvgIpc) is 3.13. The molecule has 1 aromatic heterocycles. The Morgan fingerprint density at radius 2 is 1.79 bits per heavy atom. The van der Waals surface area contributed by atoms with Crippen LogP contribution in [0.5, 0.6) is 5.75 Å². The molecule has 0 saturated heterocycles. The first kappa shape index (κ1) is 20.0. The van der Waals surface area contributed by atoms with E-state index in [4.69, 9.17) is 4.74 Å². The Bertz CT molecular complexity index is 954. The van der Waals surface area contributed by atoms with Crippen molar-refractivity contribution < 1.29 is 14.3 Å². The summed E-state index contributed by atoms with van der Waals surface area (Å²) < 4.78 is 6.21. The largest absolute Gasteiger partial charge is 0.484 e. The van der Waals surface area contributed by atoms with Crippen LogP contribution < -0.4 is 10.1 Å². The number of nitrogens with one attached hydrogen (secondary N) is 1. The van der Waals surface area contributed by atoms with Crippen LogP contribution in [-0.4, -0.2) is 28.5 Å². The molecule has 0 aliphatic carbocycles. The van der Waals surface area contributed by atoms with Crippen LogP contribution in [0, 0.1) is 6.92 Å². The highest BCUT2D eigenvalue weighted by atomic mass is 32.2. The first-order chi connectivity index (χ1) is 13.5. The van der Waals surface area contributed by atoms with E-state index in [9.17, 15) is 9.59 Å². The molecular formula is C20H19N3O3S2. The number of hydrogen-bond acceptors (Lipinski definition) is 7. The Labute approximate surface area is 171 Å². The number of aryl methyl sites for hydroxylation is 1. The Kier molecular flexibility index (Phi) is 6.78. The quantitative estimate of drug-likeness (QED) is 0.336. The number of thioether (sulfide) groups is 1. The van der Waals surface area contributed by atoms with Crippen molar-refractivity contribution in [2.75, 3.05) is 11.9 Å². The fourth-order valence-corrected chi connectivity index (χ4v) is 3.96. The summed E-state index contributed by atoms with van der Waals surface area (Å²) in [5.74, 6) is 0.979. The van der Waals surface area contributed by atoms with E-state index >= 15 is 0 Å². The van der Waals surface area contributed by atoms with Gasteiger partial charge in [-0.05, 0) is 43.7 Å². The smallest absolute Gasteiger partial charge is 0.264 e. The molecule has 28 heavy (non-hydrogen) atoms. The molecule has 0 fully saturated rings. The van der Waals surface area contributed by atoms with Gasteiger partial charge in [0.05, 0.1) is 0 Å². The molecule has 0 spiro atoms. The van der Waals surface area contributed by atoms with Gasteiger partial charge in [0.15, 0.2) is 16.7 Å². The molecule has 1 N–H and O–H groups in total. The average molecular weight is 414 g/mol. The molecule has 6 nitrogen and oxygen atoms in total. The molecule has 0 bridgehead atoms. The summed E-state index contributed by atoms with van der Waals surface area (Å²) in [7, 11) is 0. The maximum Gasteiger partial charge on any atom is 0.264 e. The maximum atomic E-state index is 12.0. The summed E-state index contributed by atoms with van der Waals surface area (Å²) in [5.41, 5.74) is 3.04. The molecule has 1 amide bonds. The number of benzene rings is 2. The second-order valence-electron chi connectivity index (χ2n) is 6.06. The predicted molar refractivity (Wildman–Crippen MR) is 111 cm³/mol. The number of rotatable bonds is 8. The summed E-state index contributed by atoms with van der Waals surface area (Å²) in [4.78, 5) is 23.3. The normalized spacial score (nSPS) is 10.5. The first-order valence-corrected chi connectivity index (χ1v) is 10.4. The minimum Gasteiger partial charge on any atom is -0.484 e. The molecule has 0 aliphatic rings. The van der Waals surface area contributed by atoms with E-state index in [-0.39, 0.29) is 18.3 Å². The Morgan fingerprint density at radius 1 is 1.07 bits per heavy atom. The van der Waals surface area contributed by atoms with E-state index < -0.39 is 0 Å². The molecule has 3 aromatic rings. The summed E-state index contributed by atoms with van der Waals surface area (Å²) in [6.07, 6.45) is 0. The SMILES string of the molecule is CC(=O)c1ccc(OCC(=O)Nc2nnc(SCc3ccc(C)cc3)s2)cc1. The highest BCUT2D eigenvalue weighted by Gasteiger charge is 2.10. The van der Waals surface area contributed by atoms with Gasteiger partial charge in [0.25, 0.3) is 5.91 Å². The highest BCUT2D eigenvalue weighted by molar-refractivity contribution is 8.00. The third-order valence-electron chi connectivity index (χ3n) is 3.77. The second-order valence-corrected chi connectivity index (χ2v) is 8.26. The van der Waals surface area contributed by atoms with Crippen molar-refractivity contribution in [2.45, 2.75) is 23.9 Å². The topological polar surface area (TPSA) is 81.2 Å². The number of Topliss-reactive ketones (excluding diaryl/α,β-unsaturated/α-hetero) is 1. The van der Waals surface area contributed by atoms with Crippen molar-refractivity contribution in [1.29, 1.82) is 0 Å². The molecule has 3 rings (SSSR count). The van der Waals surface area contributed by atoms with Gasteiger partial charge in [-0.3, -0.25) is 14.9 Å². The molecule has 0 aliphatic heterocycles. The van der Waals surface area contributed by atoms with Crippen molar-refractivity contribution in [3.8, 4) is 5.75 Å². The number of amides is 1. The lowest BCUT2D eigenvalue weighted by Gasteiger charge is -2.06. The molecule has 8 heteroatoms. The molecule has 1 heterocycles. The Balaban J connectivity index is 1.45. The van der Waals surface area contributed by atoms with Crippen molar-refractivity contribution in [2.24, 2.45) is 0 Å². The minimum atomic E-state index is -0.318. The van der Waals surface area contributed by atoms with Crippen LogP contribution >= 0.6 is 23.1 Å². The molecule has 0 radical (unpaired) electrons. The van der Waals surface area contributed by atoms with Gasteiger partial charge in [-0.1, -0.05) is 52.9 Å². The lowest BCUT2D eigenvalue weighted by molar-refractivity contribution is -0.118. The standard InChI is InChI=1S/C20H19N3O3S2/c1-13-3-5-15(6-4-13)12-27-20-23-22-19(28-20)21-18(25)11-26-17-9-7-16(8-10-17)14(2)24/h3-10H,11-12H2,1-2H3,(H,21,22,25). The molecule has 0 saturated carbocycles. The van der Waals surface area contributed by atoms with E-state index in [1.54, 1.807) is 36.0 Å². The summed E-state index contributed by atoms with van der Waals surface area (Å²) in [6, 6.07) is 15.0. The third-order valence-corrected chi connectivity index (χ3v) is 5.81. The predicted octanol–water partition coefficient (Wildman–Crippen LogP) is 4.36. The lowest BCUT2D eigenvalue weighted by Crippen LogP contribution is -2.20. The molecule has 2 aromatic carbocycles. The van der Waals surface area contributed by atoms with Gasteiger partial charge in [0.1, 0.15) is 5.75 Å². The fraction of sp³-hybridized carbons (Fsp3) is 0.200. The summed E-state index contributed by atoms with van der Waals surface area (Å²) >= 11 is 2.90. The first-order valence-electron chi connectivity index (χ1n) is 8.55. The van der Waals surface area contributed by atoms with Gasteiger partial charge in [0, 0.05) is 11.3 Å². The molecular weight excluding hydrogens is 394 g/mol. The van der Waals surface area contributed by atoms with Crippen LogP contribution in [0.3, 0.4) is 0 Å². The van der Waals surface area contributed by atoms with E-state index in [0.717, 1.165) is 10.1 Å². The summed E-state index contributed by atoms with van der Waals surface area (Å²) in [5, 5.41) is 11.2. The number of nitrogens with zero attached hydrogens (tertiary/aromatic N) is 2. The van der Waals surface area contributed by atoms with Gasteiger partial charge in [-0.15, -0.1) is 10.2 Å². The molecule has 144 valence electrons. The van der Waals surface area contributed by atoms with Crippen molar-refractivity contribution >= 4 is 39.9 Å². The van der Waals surface area contributed by atoms with Crippen LogP contribution in [0.1, 0.15) is 28.4 Å². The zero-order valence-corrected chi connectivity index (χ0v) is 17.1. The van der Waals surface area contributed by atoms with Crippen LogP contribution in [0.2, 0.25) is 0 Å². The number of hydrogen-bond donors (Lipinski definition) is 1. The van der Waals surface area contributed by atoms with Crippen molar-refractivity contribution in [3.63, 3.8) is 0 Å². The number of anilines is 1. The Morgan fingerprint density at radius 3 is 2.46 bits per heavy atom. The van der Waals surface area contributed by atoms with Gasteiger partial charge in [-0.2, -0.15) is 0 Å². The van der Waals surface area contributed by atoms with E-state index in [1.165, 1.54) is 29.4 Å². The van der Waals surface area contributed by atoms with Crippen LogP contribution in [0.25, 0.3) is 0 Å². The fourth-order valence-electron chi connectivity index (χ4n) is 2.24. The van der Waals surface area contributed by atoms with Gasteiger partial charge < -0.3 is 4.74 Å². The van der Waals surface area contributed by atoms with Crippen LogP contribution in [-0.2, 0) is 10.5 Å². The van der Waals surface area contributed by atoms with E-state index in [1.807, 2.05) is 0 Å².